The van der Waals surface area contributed by atoms with E-state index in [9.17, 15) is 9.59 Å². The number of nitrogens with one attached hydrogen (secondary N) is 2. The van der Waals surface area contributed by atoms with E-state index in [0.717, 1.165) is 0 Å². The van der Waals surface area contributed by atoms with Crippen LogP contribution in [0.15, 0.2) is 24.3 Å². The number of alkyl halides is 1. The van der Waals surface area contributed by atoms with Gasteiger partial charge in [0.2, 0.25) is 0 Å². The molecule has 1 atom stereocenters. The zero-order chi connectivity index (χ0) is 12.1. The SMILES string of the molecule is C[C@@H](Cl)C(=O)NNC(=O)c1cccc(Cl)c1. The summed E-state index contributed by atoms with van der Waals surface area (Å²) in [4.78, 5) is 22.6. The summed E-state index contributed by atoms with van der Waals surface area (Å²) < 4.78 is 0. The van der Waals surface area contributed by atoms with Crippen LogP contribution in [0.5, 0.6) is 0 Å². The minimum atomic E-state index is -0.709. The predicted octanol–water partition coefficient (Wildman–Crippen LogP) is 1.73. The maximum absolute atomic E-state index is 11.5. The Morgan fingerprint density at radius 2 is 2.00 bits per heavy atom. The van der Waals surface area contributed by atoms with Crippen LogP contribution in [-0.2, 0) is 4.79 Å². The molecule has 2 N–H and O–H groups in total. The second-order valence-electron chi connectivity index (χ2n) is 3.07. The Morgan fingerprint density at radius 3 is 2.56 bits per heavy atom. The second-order valence-corrected chi connectivity index (χ2v) is 4.16. The first kappa shape index (κ1) is 12.8. The maximum Gasteiger partial charge on any atom is 0.269 e. The predicted molar refractivity (Wildman–Crippen MR) is 62.4 cm³/mol. The third kappa shape index (κ3) is 3.72. The van der Waals surface area contributed by atoms with Crippen molar-refractivity contribution in [3.8, 4) is 0 Å². The summed E-state index contributed by atoms with van der Waals surface area (Å²) >= 11 is 11.2. The molecule has 0 aliphatic heterocycles. The number of benzene rings is 1. The molecule has 0 aliphatic carbocycles. The molecular weight excluding hydrogens is 251 g/mol. The fraction of sp³-hybridized carbons (Fsp3) is 0.200. The number of amides is 2. The van der Waals surface area contributed by atoms with Gasteiger partial charge in [-0.2, -0.15) is 0 Å². The lowest BCUT2D eigenvalue weighted by molar-refractivity contribution is -0.121. The van der Waals surface area contributed by atoms with Gasteiger partial charge in [-0.1, -0.05) is 17.7 Å². The van der Waals surface area contributed by atoms with Gasteiger partial charge < -0.3 is 0 Å². The third-order valence-corrected chi connectivity index (χ3v) is 2.18. The van der Waals surface area contributed by atoms with Crippen molar-refractivity contribution in [2.45, 2.75) is 12.3 Å². The van der Waals surface area contributed by atoms with Crippen LogP contribution in [-0.4, -0.2) is 17.2 Å². The first-order valence-electron chi connectivity index (χ1n) is 4.50. The van der Waals surface area contributed by atoms with Crippen molar-refractivity contribution in [2.75, 3.05) is 0 Å². The highest BCUT2D eigenvalue weighted by Crippen LogP contribution is 2.10. The Morgan fingerprint density at radius 1 is 1.31 bits per heavy atom. The zero-order valence-corrected chi connectivity index (χ0v) is 9.97. The molecule has 16 heavy (non-hydrogen) atoms. The number of carbonyl (C=O) groups excluding carboxylic acids is 2. The number of halogens is 2. The van der Waals surface area contributed by atoms with Crippen molar-refractivity contribution >= 4 is 35.0 Å². The molecule has 0 fully saturated rings. The highest BCUT2D eigenvalue weighted by atomic mass is 35.5. The van der Waals surface area contributed by atoms with E-state index in [-0.39, 0.29) is 0 Å². The number of hydrogen-bond donors (Lipinski definition) is 2. The van der Waals surface area contributed by atoms with Crippen LogP contribution in [0, 0.1) is 0 Å². The molecule has 1 rings (SSSR count). The van der Waals surface area contributed by atoms with Crippen LogP contribution < -0.4 is 10.9 Å². The van der Waals surface area contributed by atoms with Gasteiger partial charge in [-0.15, -0.1) is 11.6 Å². The smallest absolute Gasteiger partial charge is 0.269 e. The molecule has 4 nitrogen and oxygen atoms in total. The first-order valence-corrected chi connectivity index (χ1v) is 5.32. The number of hydrazine groups is 1. The lowest BCUT2D eigenvalue weighted by Crippen LogP contribution is -2.44. The van der Waals surface area contributed by atoms with E-state index in [1.807, 2.05) is 0 Å². The standard InChI is InChI=1S/C10H10Cl2N2O2/c1-6(11)9(15)13-14-10(16)7-3-2-4-8(12)5-7/h2-6H,1H3,(H,13,15)(H,14,16)/t6-/m1/s1. The van der Waals surface area contributed by atoms with Crippen molar-refractivity contribution in [1.29, 1.82) is 0 Å². The van der Waals surface area contributed by atoms with Crippen LogP contribution in [0.3, 0.4) is 0 Å². The molecule has 0 saturated heterocycles. The average Bonchev–Trinajstić information content (AvgIpc) is 2.25. The molecule has 0 aliphatic rings. The summed E-state index contributed by atoms with van der Waals surface area (Å²) in [6.45, 7) is 1.50. The van der Waals surface area contributed by atoms with E-state index in [4.69, 9.17) is 23.2 Å². The average molecular weight is 261 g/mol. The molecule has 2 amide bonds. The normalized spacial score (nSPS) is 11.7. The molecule has 0 heterocycles. The fourth-order valence-electron chi connectivity index (χ4n) is 0.920. The largest absolute Gasteiger partial charge is 0.272 e. The van der Waals surface area contributed by atoms with Gasteiger partial charge in [0.1, 0.15) is 5.38 Å². The second kappa shape index (κ2) is 5.72. The molecule has 0 bridgehead atoms. The Bertz CT molecular complexity index is 408. The summed E-state index contributed by atoms with van der Waals surface area (Å²) in [5, 5.41) is -0.260. The molecule has 0 spiro atoms. The summed E-state index contributed by atoms with van der Waals surface area (Å²) in [6.07, 6.45) is 0. The molecule has 1 aromatic rings. The van der Waals surface area contributed by atoms with Gasteiger partial charge in [-0.3, -0.25) is 20.4 Å². The molecule has 6 heteroatoms. The first-order chi connectivity index (χ1) is 7.50. The summed E-state index contributed by atoms with van der Waals surface area (Å²) in [5.74, 6) is -0.926. The topological polar surface area (TPSA) is 58.2 Å². The van der Waals surface area contributed by atoms with Crippen LogP contribution in [0.25, 0.3) is 0 Å². The van der Waals surface area contributed by atoms with Crippen molar-refractivity contribution in [2.24, 2.45) is 0 Å². The van der Waals surface area contributed by atoms with E-state index in [1.54, 1.807) is 18.2 Å². The minimum Gasteiger partial charge on any atom is -0.272 e. The summed E-state index contributed by atoms with van der Waals surface area (Å²) in [6, 6.07) is 6.37. The van der Waals surface area contributed by atoms with E-state index in [1.165, 1.54) is 13.0 Å². The van der Waals surface area contributed by atoms with Gasteiger partial charge in [0, 0.05) is 10.6 Å². The molecule has 0 aromatic heterocycles. The van der Waals surface area contributed by atoms with E-state index >= 15 is 0 Å². The number of rotatable bonds is 2. The maximum atomic E-state index is 11.5. The Kier molecular flexibility index (Phi) is 4.58. The zero-order valence-electron chi connectivity index (χ0n) is 8.46. The van der Waals surface area contributed by atoms with Crippen molar-refractivity contribution in [1.82, 2.24) is 10.9 Å². The number of hydrogen-bond acceptors (Lipinski definition) is 2. The van der Waals surface area contributed by atoms with Crippen molar-refractivity contribution < 1.29 is 9.59 Å². The van der Waals surface area contributed by atoms with Crippen LogP contribution in [0.1, 0.15) is 17.3 Å². The quantitative estimate of drug-likeness (QED) is 0.629. The van der Waals surface area contributed by atoms with Gasteiger partial charge in [0.05, 0.1) is 0 Å². The van der Waals surface area contributed by atoms with Gasteiger partial charge in [0.25, 0.3) is 11.8 Å². The molecule has 0 radical (unpaired) electrons. The van der Waals surface area contributed by atoms with Gasteiger partial charge in [-0.25, -0.2) is 0 Å². The summed E-state index contributed by atoms with van der Waals surface area (Å²) in [5.41, 5.74) is 4.77. The van der Waals surface area contributed by atoms with Crippen LogP contribution in [0.2, 0.25) is 5.02 Å². The molecule has 0 saturated carbocycles. The molecule has 86 valence electrons. The highest BCUT2D eigenvalue weighted by Gasteiger charge is 2.11. The minimum absolute atomic E-state index is 0.357. The Labute approximate surface area is 103 Å². The van der Waals surface area contributed by atoms with Gasteiger partial charge in [-0.05, 0) is 25.1 Å². The Hall–Kier alpha value is -1.26. The van der Waals surface area contributed by atoms with E-state index < -0.39 is 17.2 Å². The van der Waals surface area contributed by atoms with Crippen LogP contribution in [0.4, 0.5) is 0 Å². The van der Waals surface area contributed by atoms with Crippen molar-refractivity contribution in [3.05, 3.63) is 34.9 Å². The summed E-state index contributed by atoms with van der Waals surface area (Å²) in [7, 11) is 0. The molecule has 0 unspecified atom stereocenters. The number of carbonyl (C=O) groups is 2. The molecular formula is C10H10Cl2N2O2. The lowest BCUT2D eigenvalue weighted by Gasteiger charge is -2.08. The fourth-order valence-corrected chi connectivity index (χ4v) is 1.16. The van der Waals surface area contributed by atoms with Crippen LogP contribution >= 0.6 is 23.2 Å². The van der Waals surface area contributed by atoms with E-state index in [2.05, 4.69) is 10.9 Å². The monoisotopic (exact) mass is 260 g/mol. The third-order valence-electron chi connectivity index (χ3n) is 1.75. The van der Waals surface area contributed by atoms with Gasteiger partial charge in [0.15, 0.2) is 0 Å². The lowest BCUT2D eigenvalue weighted by atomic mass is 10.2. The van der Waals surface area contributed by atoms with Gasteiger partial charge >= 0.3 is 0 Å². The molecule has 1 aromatic carbocycles. The highest BCUT2D eigenvalue weighted by molar-refractivity contribution is 6.31. The van der Waals surface area contributed by atoms with Crippen molar-refractivity contribution in [3.63, 3.8) is 0 Å². The Balaban J connectivity index is 2.57. The van der Waals surface area contributed by atoms with E-state index in [0.29, 0.717) is 10.6 Å².